The third-order valence-electron chi connectivity index (χ3n) is 3.04. The van der Waals surface area contributed by atoms with Crippen LogP contribution in [0.1, 0.15) is 28.9 Å². The number of nitrogens with one attached hydrogen (secondary N) is 1. The normalized spacial score (nSPS) is 11.6. The van der Waals surface area contributed by atoms with Crippen LogP contribution in [0.4, 0.5) is 0 Å². The Bertz CT molecular complexity index is 708. The maximum atomic E-state index is 11.8. The summed E-state index contributed by atoms with van der Waals surface area (Å²) in [4.78, 5) is 27.4. The van der Waals surface area contributed by atoms with E-state index in [-0.39, 0.29) is 21.8 Å². The van der Waals surface area contributed by atoms with Gasteiger partial charge in [-0.05, 0) is 18.6 Å². The second-order valence-electron chi connectivity index (χ2n) is 4.77. The Morgan fingerprint density at radius 3 is 2.61 bits per heavy atom. The molecule has 23 heavy (non-hydrogen) atoms. The van der Waals surface area contributed by atoms with Crippen LogP contribution in [0.5, 0.6) is 0 Å². The van der Waals surface area contributed by atoms with Gasteiger partial charge in [-0.2, -0.15) is 0 Å². The molecule has 5 nitrogen and oxygen atoms in total. The molecule has 1 aromatic heterocycles. The lowest BCUT2D eigenvalue weighted by Gasteiger charge is -2.14. The molecule has 0 aliphatic rings. The Hall–Kier alpha value is -2.11. The first-order valence-electron chi connectivity index (χ1n) is 6.80. The summed E-state index contributed by atoms with van der Waals surface area (Å²) >= 11 is 11.4. The van der Waals surface area contributed by atoms with Crippen LogP contribution >= 0.6 is 23.2 Å². The molecule has 1 atom stereocenters. The predicted octanol–water partition coefficient (Wildman–Crippen LogP) is 3.42. The Labute approximate surface area is 143 Å². The quantitative estimate of drug-likeness (QED) is 0.661. The van der Waals surface area contributed by atoms with Crippen molar-refractivity contribution < 1.29 is 14.3 Å². The fourth-order valence-corrected chi connectivity index (χ4v) is 2.13. The van der Waals surface area contributed by atoms with Crippen molar-refractivity contribution >= 4 is 35.1 Å². The van der Waals surface area contributed by atoms with Crippen LogP contribution < -0.4 is 5.32 Å². The number of halogens is 2. The van der Waals surface area contributed by atoms with E-state index in [1.807, 2.05) is 37.3 Å². The average molecular weight is 353 g/mol. The monoisotopic (exact) mass is 352 g/mol. The SMILES string of the molecule is C[C@H](NC(=O)COC(=O)c1cnc(Cl)c(Cl)c1)c1ccccc1. The third kappa shape index (κ3) is 4.94. The van der Waals surface area contributed by atoms with Crippen molar-refractivity contribution in [2.45, 2.75) is 13.0 Å². The molecule has 1 aromatic carbocycles. The number of rotatable bonds is 5. The van der Waals surface area contributed by atoms with Crippen molar-refractivity contribution in [3.05, 3.63) is 63.9 Å². The van der Waals surface area contributed by atoms with E-state index in [2.05, 4.69) is 10.3 Å². The number of aromatic nitrogens is 1. The van der Waals surface area contributed by atoms with E-state index in [0.717, 1.165) is 5.56 Å². The maximum Gasteiger partial charge on any atom is 0.340 e. The van der Waals surface area contributed by atoms with Crippen LogP contribution in [0.25, 0.3) is 0 Å². The number of carbonyl (C=O) groups is 2. The number of nitrogens with zero attached hydrogens (tertiary/aromatic N) is 1. The first-order valence-corrected chi connectivity index (χ1v) is 7.55. The zero-order valence-corrected chi connectivity index (χ0v) is 13.8. The first kappa shape index (κ1) is 17.2. The van der Waals surface area contributed by atoms with Gasteiger partial charge in [0.2, 0.25) is 0 Å². The lowest BCUT2D eigenvalue weighted by atomic mass is 10.1. The molecule has 0 unspecified atom stereocenters. The van der Waals surface area contributed by atoms with Gasteiger partial charge >= 0.3 is 5.97 Å². The molecule has 0 fully saturated rings. The highest BCUT2D eigenvalue weighted by molar-refractivity contribution is 6.41. The lowest BCUT2D eigenvalue weighted by Crippen LogP contribution is -2.31. The number of pyridine rings is 1. The van der Waals surface area contributed by atoms with Crippen molar-refractivity contribution in [2.24, 2.45) is 0 Å². The molecule has 0 saturated carbocycles. The van der Waals surface area contributed by atoms with Gasteiger partial charge < -0.3 is 10.1 Å². The molecular formula is C16H14Cl2N2O3. The van der Waals surface area contributed by atoms with Gasteiger partial charge in [-0.15, -0.1) is 0 Å². The van der Waals surface area contributed by atoms with Gasteiger partial charge in [0.15, 0.2) is 6.61 Å². The second kappa shape index (κ2) is 7.94. The molecule has 0 aliphatic heterocycles. The molecule has 7 heteroatoms. The largest absolute Gasteiger partial charge is 0.452 e. The molecule has 2 aromatic rings. The van der Waals surface area contributed by atoms with Crippen LogP contribution in [-0.4, -0.2) is 23.5 Å². The Kier molecular flexibility index (Phi) is 5.96. The van der Waals surface area contributed by atoms with E-state index in [1.54, 1.807) is 0 Å². The van der Waals surface area contributed by atoms with E-state index < -0.39 is 18.5 Å². The highest BCUT2D eigenvalue weighted by atomic mass is 35.5. The summed E-state index contributed by atoms with van der Waals surface area (Å²) in [5, 5.41) is 2.98. The zero-order valence-electron chi connectivity index (χ0n) is 12.3. The molecule has 2 rings (SSSR count). The Morgan fingerprint density at radius 2 is 1.96 bits per heavy atom. The summed E-state index contributed by atoms with van der Waals surface area (Å²) in [6.07, 6.45) is 1.24. The predicted molar refractivity (Wildman–Crippen MR) is 87.5 cm³/mol. The van der Waals surface area contributed by atoms with Crippen LogP contribution in [0, 0.1) is 0 Å². The fourth-order valence-electron chi connectivity index (χ4n) is 1.86. The molecule has 120 valence electrons. The number of esters is 1. The summed E-state index contributed by atoms with van der Waals surface area (Å²) in [5.74, 6) is -1.10. The second-order valence-corrected chi connectivity index (χ2v) is 5.54. The van der Waals surface area contributed by atoms with E-state index >= 15 is 0 Å². The minimum absolute atomic E-state index is 0.0950. The van der Waals surface area contributed by atoms with E-state index in [9.17, 15) is 9.59 Å². The minimum atomic E-state index is -0.696. The van der Waals surface area contributed by atoms with Crippen molar-refractivity contribution in [1.82, 2.24) is 10.3 Å². The smallest absolute Gasteiger partial charge is 0.340 e. The van der Waals surface area contributed by atoms with Crippen molar-refractivity contribution in [1.29, 1.82) is 0 Å². The topological polar surface area (TPSA) is 68.3 Å². The van der Waals surface area contributed by atoms with Gasteiger partial charge in [0.1, 0.15) is 5.15 Å². The number of carbonyl (C=O) groups excluding carboxylic acids is 2. The molecule has 0 spiro atoms. The zero-order chi connectivity index (χ0) is 16.8. The van der Waals surface area contributed by atoms with Crippen LogP contribution in [-0.2, 0) is 9.53 Å². The van der Waals surface area contributed by atoms with E-state index in [0.29, 0.717) is 0 Å². The Balaban J connectivity index is 1.86. The summed E-state index contributed by atoms with van der Waals surface area (Å²) < 4.78 is 4.93. The summed E-state index contributed by atoms with van der Waals surface area (Å²) in [6.45, 7) is 1.45. The van der Waals surface area contributed by atoms with Gasteiger partial charge in [0.05, 0.1) is 16.6 Å². The number of benzene rings is 1. The molecule has 1 amide bonds. The standard InChI is InChI=1S/C16H14Cl2N2O3/c1-10(11-5-3-2-4-6-11)20-14(21)9-23-16(22)12-7-13(17)15(18)19-8-12/h2-8,10H,9H2,1H3,(H,20,21)/t10-/m0/s1. The van der Waals surface area contributed by atoms with Crippen molar-refractivity contribution in [3.63, 3.8) is 0 Å². The minimum Gasteiger partial charge on any atom is -0.452 e. The van der Waals surface area contributed by atoms with Crippen LogP contribution in [0.2, 0.25) is 10.2 Å². The Morgan fingerprint density at radius 1 is 1.26 bits per heavy atom. The average Bonchev–Trinajstić information content (AvgIpc) is 2.56. The third-order valence-corrected chi connectivity index (χ3v) is 3.73. The summed E-state index contributed by atoms with van der Waals surface area (Å²) in [7, 11) is 0. The fraction of sp³-hybridized carbons (Fsp3) is 0.188. The number of amides is 1. The number of hydrogen-bond acceptors (Lipinski definition) is 4. The van der Waals surface area contributed by atoms with Crippen molar-refractivity contribution in [3.8, 4) is 0 Å². The molecule has 0 radical (unpaired) electrons. The highest BCUT2D eigenvalue weighted by Crippen LogP contribution is 2.20. The van der Waals surface area contributed by atoms with Crippen molar-refractivity contribution in [2.75, 3.05) is 6.61 Å². The highest BCUT2D eigenvalue weighted by Gasteiger charge is 2.14. The van der Waals surface area contributed by atoms with Crippen LogP contribution in [0.3, 0.4) is 0 Å². The summed E-state index contributed by atoms with van der Waals surface area (Å²) in [6, 6.07) is 10.6. The lowest BCUT2D eigenvalue weighted by molar-refractivity contribution is -0.124. The van der Waals surface area contributed by atoms with Gasteiger partial charge in [0, 0.05) is 6.20 Å². The molecule has 1 heterocycles. The van der Waals surface area contributed by atoms with E-state index in [4.69, 9.17) is 27.9 Å². The molecule has 0 bridgehead atoms. The van der Waals surface area contributed by atoms with Crippen LogP contribution in [0.15, 0.2) is 42.6 Å². The maximum absolute atomic E-state index is 11.8. The first-order chi connectivity index (χ1) is 11.0. The molecule has 0 saturated heterocycles. The van der Waals surface area contributed by atoms with Gasteiger partial charge in [0.25, 0.3) is 5.91 Å². The van der Waals surface area contributed by atoms with E-state index in [1.165, 1.54) is 12.3 Å². The number of ether oxygens (including phenoxy) is 1. The molecule has 0 aliphatic carbocycles. The van der Waals surface area contributed by atoms with Gasteiger partial charge in [-0.1, -0.05) is 53.5 Å². The summed E-state index contributed by atoms with van der Waals surface area (Å²) in [5.41, 5.74) is 1.09. The molecular weight excluding hydrogens is 339 g/mol. The molecule has 1 N–H and O–H groups in total. The number of hydrogen-bond donors (Lipinski definition) is 1. The van der Waals surface area contributed by atoms with Gasteiger partial charge in [-0.3, -0.25) is 4.79 Å². The van der Waals surface area contributed by atoms with Gasteiger partial charge in [-0.25, -0.2) is 9.78 Å².